The molecule has 0 bridgehead atoms. The lowest BCUT2D eigenvalue weighted by molar-refractivity contribution is -0.130. The fraction of sp³-hybridized carbons (Fsp3) is 0.357. The van der Waals surface area contributed by atoms with Crippen LogP contribution in [0.1, 0.15) is 32.3 Å². The molecule has 0 unspecified atom stereocenters. The molecule has 2 heterocycles. The largest absolute Gasteiger partial charge is 0.475 e. The molecule has 0 radical (unpaired) electrons. The first-order chi connectivity index (χ1) is 18.3. The summed E-state index contributed by atoms with van der Waals surface area (Å²) in [6.45, 7) is 4.49. The van der Waals surface area contributed by atoms with Gasteiger partial charge < -0.3 is 25.6 Å². The zero-order chi connectivity index (χ0) is 27.1. The maximum absolute atomic E-state index is 13.4. The number of rotatable bonds is 11. The number of hydrogen-bond acceptors (Lipinski definition) is 7. The molecule has 0 spiro atoms. The van der Waals surface area contributed by atoms with E-state index < -0.39 is 31.1 Å². The van der Waals surface area contributed by atoms with Crippen molar-refractivity contribution in [2.24, 2.45) is 5.92 Å². The zero-order valence-corrected chi connectivity index (χ0v) is 21.7. The fourth-order valence-electron chi connectivity index (χ4n) is 4.53. The van der Waals surface area contributed by atoms with Crippen molar-refractivity contribution < 1.29 is 19.6 Å². The molecule has 1 fully saturated rings. The van der Waals surface area contributed by atoms with Gasteiger partial charge in [-0.25, -0.2) is 9.97 Å². The molecule has 0 saturated carbocycles. The zero-order valence-electron chi connectivity index (χ0n) is 21.7. The van der Waals surface area contributed by atoms with Crippen LogP contribution in [0.15, 0.2) is 72.9 Å². The Morgan fingerprint density at radius 1 is 1.03 bits per heavy atom. The molecular weight excluding hydrogens is 481 g/mol. The van der Waals surface area contributed by atoms with Crippen molar-refractivity contribution in [2.45, 2.75) is 51.1 Å². The number of hydrogen-bond donors (Lipinski definition) is 4. The molecule has 9 nitrogen and oxygen atoms in total. The van der Waals surface area contributed by atoms with Crippen LogP contribution in [0.2, 0.25) is 0 Å². The molecule has 0 aliphatic carbocycles. The third-order valence-electron chi connectivity index (χ3n) is 6.62. The van der Waals surface area contributed by atoms with Gasteiger partial charge in [0.15, 0.2) is 0 Å². The van der Waals surface area contributed by atoms with Crippen molar-refractivity contribution in [3.63, 3.8) is 0 Å². The minimum absolute atomic E-state index is 0.138. The number of nitrogens with zero attached hydrogens (tertiary/aromatic N) is 3. The minimum Gasteiger partial charge on any atom is -0.426 e. The van der Waals surface area contributed by atoms with Crippen LogP contribution in [0.25, 0.3) is 11.3 Å². The molecule has 38 heavy (non-hydrogen) atoms. The normalized spacial score (nSPS) is 16.3. The molecule has 1 aromatic heterocycles. The number of amides is 2. The second kappa shape index (κ2) is 12.7. The van der Waals surface area contributed by atoms with Crippen molar-refractivity contribution in [2.75, 3.05) is 11.4 Å². The Balaban J connectivity index is 1.49. The van der Waals surface area contributed by atoms with Gasteiger partial charge in [0.1, 0.15) is 12.1 Å². The topological polar surface area (TPSA) is 128 Å². The van der Waals surface area contributed by atoms with Crippen LogP contribution in [0.5, 0.6) is 0 Å². The Kier molecular flexibility index (Phi) is 9.09. The van der Waals surface area contributed by atoms with Gasteiger partial charge in [0, 0.05) is 24.7 Å². The molecule has 2 amide bonds. The first kappa shape index (κ1) is 27.3. The highest BCUT2D eigenvalue weighted by molar-refractivity contribution is 6.43. The molecule has 10 heteroatoms. The lowest BCUT2D eigenvalue weighted by Crippen LogP contribution is -2.61. The minimum atomic E-state index is -1.70. The monoisotopic (exact) mass is 515 g/mol. The van der Waals surface area contributed by atoms with Gasteiger partial charge in [0.25, 0.3) is 0 Å². The summed E-state index contributed by atoms with van der Waals surface area (Å²) < 4.78 is 0. The molecule has 4 rings (SSSR count). The summed E-state index contributed by atoms with van der Waals surface area (Å²) in [6.07, 6.45) is 2.94. The predicted octanol–water partition coefficient (Wildman–Crippen LogP) is 1.99. The highest BCUT2D eigenvalue weighted by Crippen LogP contribution is 2.26. The van der Waals surface area contributed by atoms with Gasteiger partial charge in [0.05, 0.1) is 11.6 Å². The van der Waals surface area contributed by atoms with Gasteiger partial charge >= 0.3 is 7.12 Å². The van der Waals surface area contributed by atoms with Crippen molar-refractivity contribution >= 4 is 24.9 Å². The van der Waals surface area contributed by atoms with Crippen molar-refractivity contribution in [1.29, 1.82) is 0 Å². The summed E-state index contributed by atoms with van der Waals surface area (Å²) in [5.74, 6) is -1.01. The van der Waals surface area contributed by atoms with Crippen molar-refractivity contribution in [3.05, 3.63) is 78.5 Å². The average Bonchev–Trinajstić information content (AvgIpc) is 2.88. The molecular formula is C28H34BN5O4. The molecule has 2 aromatic carbocycles. The van der Waals surface area contributed by atoms with E-state index in [0.29, 0.717) is 25.3 Å². The quantitative estimate of drug-likeness (QED) is 0.288. The molecule has 1 aliphatic rings. The first-order valence-electron chi connectivity index (χ1n) is 13.0. The molecule has 3 atom stereocenters. The Hall–Kier alpha value is -3.76. The van der Waals surface area contributed by atoms with E-state index in [2.05, 4.69) is 20.6 Å². The smallest absolute Gasteiger partial charge is 0.426 e. The first-order valence-corrected chi connectivity index (χ1v) is 13.0. The van der Waals surface area contributed by atoms with Gasteiger partial charge in [-0.1, -0.05) is 74.5 Å². The summed E-state index contributed by atoms with van der Waals surface area (Å²) in [6, 6.07) is 19.6. The van der Waals surface area contributed by atoms with Crippen LogP contribution >= 0.6 is 0 Å². The van der Waals surface area contributed by atoms with E-state index in [1.54, 1.807) is 6.20 Å². The third-order valence-corrected chi connectivity index (χ3v) is 6.62. The number of benzene rings is 2. The molecule has 198 valence electrons. The third kappa shape index (κ3) is 6.96. The molecule has 1 saturated heterocycles. The summed E-state index contributed by atoms with van der Waals surface area (Å²) >= 11 is 0. The van der Waals surface area contributed by atoms with Gasteiger partial charge in [0.2, 0.25) is 17.8 Å². The molecule has 1 aliphatic heterocycles. The van der Waals surface area contributed by atoms with Crippen LogP contribution in [0.3, 0.4) is 0 Å². The maximum Gasteiger partial charge on any atom is 0.475 e. The van der Waals surface area contributed by atoms with Gasteiger partial charge in [-0.3, -0.25) is 9.59 Å². The number of nitrogens with one attached hydrogen (secondary N) is 2. The second-order valence-corrected chi connectivity index (χ2v) is 10.0. The number of anilines is 1. The van der Waals surface area contributed by atoms with Gasteiger partial charge in [-0.05, 0) is 30.4 Å². The average molecular weight is 515 g/mol. The van der Waals surface area contributed by atoms with Crippen LogP contribution in [0, 0.1) is 5.92 Å². The van der Waals surface area contributed by atoms with E-state index in [-0.39, 0.29) is 18.2 Å². The second-order valence-electron chi connectivity index (χ2n) is 10.0. The summed E-state index contributed by atoms with van der Waals surface area (Å²) in [5, 5.41) is 25.2. The predicted molar refractivity (Wildman–Crippen MR) is 147 cm³/mol. The Morgan fingerprint density at radius 2 is 1.71 bits per heavy atom. The standard InChI is InChI=1S/C28H34BN5O4/c1-19(2)17-25(29(37)38)33-26(35)23(18-20-9-5-3-6-10-20)31-27(36)24-14-16-34(24)28-30-15-13-22(32-28)21-11-7-4-8-12-21/h3-13,15,19,23-25,37-38H,14,16-18H2,1-2H3,(H,31,36)(H,33,35)/t23-,24-,25-/m0/s1. The van der Waals surface area contributed by atoms with Crippen molar-refractivity contribution in [1.82, 2.24) is 20.6 Å². The Bertz CT molecular complexity index is 1210. The highest BCUT2D eigenvalue weighted by Gasteiger charge is 2.38. The summed E-state index contributed by atoms with van der Waals surface area (Å²) in [5.41, 5.74) is 2.60. The molecule has 4 N–H and O–H groups in total. The Morgan fingerprint density at radius 3 is 2.32 bits per heavy atom. The van der Waals surface area contributed by atoms with Crippen LogP contribution < -0.4 is 15.5 Å². The Labute approximate surface area is 223 Å². The van der Waals surface area contributed by atoms with E-state index in [1.165, 1.54) is 0 Å². The van der Waals surface area contributed by atoms with E-state index in [0.717, 1.165) is 16.8 Å². The summed E-state index contributed by atoms with van der Waals surface area (Å²) in [4.78, 5) is 37.5. The fourth-order valence-corrected chi connectivity index (χ4v) is 4.53. The summed E-state index contributed by atoms with van der Waals surface area (Å²) in [7, 11) is -1.70. The number of aromatic nitrogens is 2. The molecule has 3 aromatic rings. The maximum atomic E-state index is 13.4. The van der Waals surface area contributed by atoms with E-state index in [4.69, 9.17) is 0 Å². The highest BCUT2D eigenvalue weighted by atomic mass is 16.4. The van der Waals surface area contributed by atoms with E-state index in [9.17, 15) is 19.6 Å². The number of carbonyl (C=O) groups is 2. The van der Waals surface area contributed by atoms with Crippen LogP contribution in [0.4, 0.5) is 5.95 Å². The van der Waals surface area contributed by atoms with Gasteiger partial charge in [-0.2, -0.15) is 0 Å². The number of carbonyl (C=O) groups excluding carboxylic acids is 2. The van der Waals surface area contributed by atoms with E-state index >= 15 is 0 Å². The SMILES string of the molecule is CC(C)C[C@H](NC(=O)[C@H](Cc1ccccc1)NC(=O)[C@@H]1CCN1c1nccc(-c2ccccc2)n1)B(O)O. The van der Waals surface area contributed by atoms with Gasteiger partial charge in [-0.15, -0.1) is 0 Å². The lowest BCUT2D eigenvalue weighted by Gasteiger charge is -2.40. The lowest BCUT2D eigenvalue weighted by atomic mass is 9.75. The van der Waals surface area contributed by atoms with Crippen LogP contribution in [-0.2, 0) is 16.0 Å². The van der Waals surface area contributed by atoms with Crippen molar-refractivity contribution in [3.8, 4) is 11.3 Å². The van der Waals surface area contributed by atoms with E-state index in [1.807, 2.05) is 85.5 Å². The van der Waals surface area contributed by atoms with Crippen LogP contribution in [-0.4, -0.2) is 63.5 Å².